The van der Waals surface area contributed by atoms with Crippen LogP contribution in [0.1, 0.15) is 26.3 Å². The topological polar surface area (TPSA) is 50.7 Å². The number of hydrogen-bond acceptors (Lipinski definition) is 4. The molecule has 0 radical (unpaired) electrons. The van der Waals surface area contributed by atoms with E-state index < -0.39 is 5.54 Å². The lowest BCUT2D eigenvalue weighted by Gasteiger charge is -2.33. The molecule has 1 aromatic rings. The summed E-state index contributed by atoms with van der Waals surface area (Å²) in [5.41, 5.74) is 0.383. The zero-order valence-corrected chi connectivity index (χ0v) is 11.8. The van der Waals surface area contributed by atoms with E-state index in [9.17, 15) is 5.11 Å². The van der Waals surface area contributed by atoms with Gasteiger partial charge in [0.15, 0.2) is 0 Å². The van der Waals surface area contributed by atoms with Gasteiger partial charge in [-0.15, -0.1) is 0 Å². The Morgan fingerprint density at radius 2 is 1.94 bits per heavy atom. The van der Waals surface area contributed by atoms with Crippen molar-refractivity contribution >= 4 is 0 Å². The molecule has 2 N–H and O–H groups in total. The van der Waals surface area contributed by atoms with Crippen LogP contribution in [-0.4, -0.2) is 32.0 Å². The van der Waals surface area contributed by atoms with E-state index in [1.165, 1.54) is 0 Å². The van der Waals surface area contributed by atoms with Gasteiger partial charge in [0.1, 0.15) is 11.5 Å². The summed E-state index contributed by atoms with van der Waals surface area (Å²) in [4.78, 5) is 0. The van der Waals surface area contributed by atoms with Crippen LogP contribution in [0.4, 0.5) is 0 Å². The first-order valence-corrected chi connectivity index (χ1v) is 6.08. The van der Waals surface area contributed by atoms with Crippen LogP contribution in [0.5, 0.6) is 11.5 Å². The van der Waals surface area contributed by atoms with Gasteiger partial charge in [-0.25, -0.2) is 0 Å². The molecule has 1 atom stereocenters. The second kappa shape index (κ2) is 6.07. The van der Waals surface area contributed by atoms with Gasteiger partial charge in [-0.2, -0.15) is 0 Å². The van der Waals surface area contributed by atoms with Crippen LogP contribution in [0, 0.1) is 0 Å². The molecule has 102 valence electrons. The molecule has 0 fully saturated rings. The molecule has 0 heterocycles. The number of ether oxygens (including phenoxy) is 2. The molecule has 0 aliphatic rings. The minimum Gasteiger partial charge on any atom is -0.497 e. The predicted octanol–water partition coefficient (Wildman–Crippen LogP) is 1.91. The molecule has 0 bridgehead atoms. The third-order valence-corrected chi connectivity index (χ3v) is 2.93. The number of nitrogens with one attached hydrogen (secondary N) is 1. The quantitative estimate of drug-likeness (QED) is 0.813. The van der Waals surface area contributed by atoms with Crippen LogP contribution < -0.4 is 14.8 Å². The van der Waals surface area contributed by atoms with Crippen LogP contribution in [0.3, 0.4) is 0 Å². The SMILES string of the molecule is COc1ccc(C(C)(CO)NC(C)C)c(OC)c1. The molecule has 4 nitrogen and oxygen atoms in total. The maximum atomic E-state index is 9.68. The highest BCUT2D eigenvalue weighted by molar-refractivity contribution is 5.44. The minimum absolute atomic E-state index is 0.00608. The van der Waals surface area contributed by atoms with E-state index in [-0.39, 0.29) is 12.6 Å². The standard InChI is InChI=1S/C14H23NO3/c1-10(2)15-14(3,9-16)12-7-6-11(17-4)8-13(12)18-5/h6-8,10,15-16H,9H2,1-5H3. The molecule has 18 heavy (non-hydrogen) atoms. The van der Waals surface area contributed by atoms with E-state index in [1.807, 2.05) is 39.0 Å². The molecule has 4 heteroatoms. The smallest absolute Gasteiger partial charge is 0.127 e. The largest absolute Gasteiger partial charge is 0.497 e. The Balaban J connectivity index is 3.20. The lowest BCUT2D eigenvalue weighted by molar-refractivity contribution is 0.162. The summed E-state index contributed by atoms with van der Waals surface area (Å²) in [6.07, 6.45) is 0. The number of aliphatic hydroxyl groups is 1. The van der Waals surface area contributed by atoms with Gasteiger partial charge >= 0.3 is 0 Å². The number of rotatable bonds is 6. The molecule has 1 rings (SSSR count). The van der Waals surface area contributed by atoms with Crippen LogP contribution >= 0.6 is 0 Å². The number of methoxy groups -OCH3 is 2. The number of aliphatic hydroxyl groups excluding tert-OH is 1. The molecule has 1 aromatic carbocycles. The summed E-state index contributed by atoms with van der Waals surface area (Å²) in [5.74, 6) is 1.44. The second-order valence-corrected chi connectivity index (χ2v) is 4.86. The van der Waals surface area contributed by atoms with Gasteiger partial charge in [0.2, 0.25) is 0 Å². The zero-order chi connectivity index (χ0) is 13.8. The number of hydrogen-bond donors (Lipinski definition) is 2. The minimum atomic E-state index is -0.536. The maximum Gasteiger partial charge on any atom is 0.127 e. The third-order valence-electron chi connectivity index (χ3n) is 2.93. The van der Waals surface area contributed by atoms with Crippen LogP contribution in [0.2, 0.25) is 0 Å². The Kier molecular flexibility index (Phi) is 4.99. The van der Waals surface area contributed by atoms with Gasteiger partial charge in [0.25, 0.3) is 0 Å². The second-order valence-electron chi connectivity index (χ2n) is 4.86. The van der Waals surface area contributed by atoms with Gasteiger partial charge in [0, 0.05) is 17.7 Å². The molecule has 0 aliphatic heterocycles. The van der Waals surface area contributed by atoms with E-state index in [0.29, 0.717) is 5.75 Å². The summed E-state index contributed by atoms with van der Waals surface area (Å²) in [6.45, 7) is 6.04. The molecule has 0 saturated carbocycles. The van der Waals surface area contributed by atoms with E-state index in [2.05, 4.69) is 5.32 Å². The van der Waals surface area contributed by atoms with Crippen molar-refractivity contribution in [1.29, 1.82) is 0 Å². The molecule has 0 spiro atoms. The molecular weight excluding hydrogens is 230 g/mol. The Labute approximate surface area is 109 Å². The first kappa shape index (κ1) is 14.8. The molecule has 0 saturated heterocycles. The lowest BCUT2D eigenvalue weighted by Crippen LogP contribution is -2.46. The maximum absolute atomic E-state index is 9.68. The van der Waals surface area contributed by atoms with Crippen LogP contribution in [0.25, 0.3) is 0 Å². The van der Waals surface area contributed by atoms with Gasteiger partial charge in [-0.05, 0) is 32.9 Å². The Bertz CT molecular complexity index is 393. The van der Waals surface area contributed by atoms with E-state index in [4.69, 9.17) is 9.47 Å². The van der Waals surface area contributed by atoms with Crippen molar-refractivity contribution < 1.29 is 14.6 Å². The average Bonchev–Trinajstić information content (AvgIpc) is 2.36. The predicted molar refractivity (Wildman–Crippen MR) is 72.3 cm³/mol. The van der Waals surface area contributed by atoms with Gasteiger partial charge in [0.05, 0.1) is 26.4 Å². The molecular formula is C14H23NO3. The summed E-state index contributed by atoms with van der Waals surface area (Å²) >= 11 is 0. The normalized spacial score (nSPS) is 14.4. The third kappa shape index (κ3) is 3.15. The first-order valence-electron chi connectivity index (χ1n) is 6.08. The van der Waals surface area contributed by atoms with Crippen LogP contribution in [0.15, 0.2) is 18.2 Å². The van der Waals surface area contributed by atoms with Crippen molar-refractivity contribution in [2.24, 2.45) is 0 Å². The van der Waals surface area contributed by atoms with Crippen molar-refractivity contribution in [3.05, 3.63) is 23.8 Å². The fourth-order valence-corrected chi connectivity index (χ4v) is 2.10. The zero-order valence-electron chi connectivity index (χ0n) is 11.8. The fourth-order valence-electron chi connectivity index (χ4n) is 2.10. The van der Waals surface area contributed by atoms with Gasteiger partial charge in [-0.1, -0.05) is 0 Å². The molecule has 0 aromatic heterocycles. The van der Waals surface area contributed by atoms with Crippen molar-refractivity contribution in [2.75, 3.05) is 20.8 Å². The van der Waals surface area contributed by atoms with E-state index in [1.54, 1.807) is 14.2 Å². The van der Waals surface area contributed by atoms with Crippen molar-refractivity contribution in [3.63, 3.8) is 0 Å². The fraction of sp³-hybridized carbons (Fsp3) is 0.571. The summed E-state index contributed by atoms with van der Waals surface area (Å²) < 4.78 is 10.6. The Morgan fingerprint density at radius 3 is 2.39 bits per heavy atom. The highest BCUT2D eigenvalue weighted by atomic mass is 16.5. The Hall–Kier alpha value is -1.26. The van der Waals surface area contributed by atoms with Gasteiger partial charge < -0.3 is 19.9 Å². The number of benzene rings is 1. The highest BCUT2D eigenvalue weighted by Crippen LogP contribution is 2.33. The molecule has 0 aliphatic carbocycles. The Morgan fingerprint density at radius 1 is 1.28 bits per heavy atom. The summed E-state index contributed by atoms with van der Waals surface area (Å²) in [5, 5.41) is 13.0. The molecule has 0 amide bonds. The first-order chi connectivity index (χ1) is 8.46. The molecule has 1 unspecified atom stereocenters. The average molecular weight is 253 g/mol. The highest BCUT2D eigenvalue weighted by Gasteiger charge is 2.29. The van der Waals surface area contributed by atoms with Crippen molar-refractivity contribution in [1.82, 2.24) is 5.32 Å². The van der Waals surface area contributed by atoms with Gasteiger partial charge in [-0.3, -0.25) is 0 Å². The van der Waals surface area contributed by atoms with E-state index >= 15 is 0 Å². The van der Waals surface area contributed by atoms with Crippen molar-refractivity contribution in [3.8, 4) is 11.5 Å². The lowest BCUT2D eigenvalue weighted by atomic mass is 9.91. The van der Waals surface area contributed by atoms with Crippen LogP contribution in [-0.2, 0) is 5.54 Å². The summed E-state index contributed by atoms with van der Waals surface area (Å²) in [7, 11) is 3.23. The van der Waals surface area contributed by atoms with E-state index in [0.717, 1.165) is 11.3 Å². The van der Waals surface area contributed by atoms with Crippen molar-refractivity contribution in [2.45, 2.75) is 32.4 Å². The summed E-state index contributed by atoms with van der Waals surface area (Å²) in [6, 6.07) is 5.87. The monoisotopic (exact) mass is 253 g/mol.